The SMILES string of the molecule is CC(=O)SC[C@H]1CCCCCC[C@H](C(=O)N2C[C@H](O)C[C@H]2C(=O)Oc2ccc3c(c2)CCC3)NC1=O. The van der Waals surface area contributed by atoms with Crippen molar-refractivity contribution >= 4 is 34.7 Å². The van der Waals surface area contributed by atoms with Crippen molar-refractivity contribution in [2.45, 2.75) is 89.3 Å². The highest BCUT2D eigenvalue weighted by molar-refractivity contribution is 8.13. The maximum absolute atomic E-state index is 13.6. The van der Waals surface area contributed by atoms with Gasteiger partial charge in [-0.15, -0.1) is 0 Å². The van der Waals surface area contributed by atoms with Crippen molar-refractivity contribution in [3.8, 4) is 5.75 Å². The molecule has 0 saturated carbocycles. The van der Waals surface area contributed by atoms with Gasteiger partial charge >= 0.3 is 5.97 Å². The number of aryl methyl sites for hydroxylation is 2. The summed E-state index contributed by atoms with van der Waals surface area (Å²) >= 11 is 1.13. The number of aliphatic hydroxyl groups is 1. The molecule has 196 valence electrons. The summed E-state index contributed by atoms with van der Waals surface area (Å²) in [5.41, 5.74) is 2.45. The third-order valence-electron chi connectivity index (χ3n) is 7.39. The lowest BCUT2D eigenvalue weighted by molar-refractivity contribution is -0.147. The maximum atomic E-state index is 13.6. The summed E-state index contributed by atoms with van der Waals surface area (Å²) in [4.78, 5) is 52.5. The van der Waals surface area contributed by atoms with Crippen molar-refractivity contribution in [1.29, 1.82) is 0 Å². The minimum Gasteiger partial charge on any atom is -0.425 e. The molecule has 0 aromatic heterocycles. The molecular formula is C27H36N2O6S. The first-order valence-corrected chi connectivity index (χ1v) is 14.1. The minimum absolute atomic E-state index is 0.0266. The average Bonchev–Trinajstić information content (AvgIpc) is 3.47. The van der Waals surface area contributed by atoms with Crippen molar-refractivity contribution in [2.24, 2.45) is 5.92 Å². The maximum Gasteiger partial charge on any atom is 0.334 e. The van der Waals surface area contributed by atoms with Crippen LogP contribution in [0.3, 0.4) is 0 Å². The van der Waals surface area contributed by atoms with Crippen LogP contribution in [-0.4, -0.2) is 63.4 Å². The Morgan fingerprint density at radius 2 is 1.83 bits per heavy atom. The molecule has 1 aromatic carbocycles. The molecule has 1 aliphatic carbocycles. The fourth-order valence-electron chi connectivity index (χ4n) is 5.42. The highest BCUT2D eigenvalue weighted by atomic mass is 32.2. The number of fused-ring (bicyclic) bond motifs is 1. The molecule has 8 nitrogen and oxygen atoms in total. The molecule has 2 heterocycles. The number of hydrogen-bond donors (Lipinski definition) is 2. The third kappa shape index (κ3) is 6.68. The van der Waals surface area contributed by atoms with Crippen molar-refractivity contribution in [3.05, 3.63) is 29.3 Å². The predicted octanol–water partition coefficient (Wildman–Crippen LogP) is 2.78. The molecule has 2 amide bonds. The van der Waals surface area contributed by atoms with Crippen molar-refractivity contribution in [1.82, 2.24) is 10.2 Å². The van der Waals surface area contributed by atoms with Gasteiger partial charge in [-0.05, 0) is 55.4 Å². The number of ether oxygens (including phenoxy) is 1. The van der Waals surface area contributed by atoms with Crippen molar-refractivity contribution in [3.63, 3.8) is 0 Å². The Balaban J connectivity index is 1.45. The molecular weight excluding hydrogens is 480 g/mol. The fraction of sp³-hybridized carbons (Fsp3) is 0.630. The first kappa shape index (κ1) is 26.7. The van der Waals surface area contributed by atoms with Gasteiger partial charge in [0.1, 0.15) is 17.8 Å². The zero-order valence-electron chi connectivity index (χ0n) is 20.9. The van der Waals surface area contributed by atoms with E-state index < -0.39 is 24.2 Å². The van der Waals surface area contributed by atoms with E-state index in [2.05, 4.69) is 5.32 Å². The molecule has 36 heavy (non-hydrogen) atoms. The molecule has 1 aromatic rings. The lowest BCUT2D eigenvalue weighted by atomic mass is 9.97. The fourth-order valence-corrected chi connectivity index (χ4v) is 6.18. The molecule has 2 fully saturated rings. The van der Waals surface area contributed by atoms with Gasteiger partial charge in [0.25, 0.3) is 0 Å². The smallest absolute Gasteiger partial charge is 0.334 e. The number of esters is 1. The molecule has 3 aliphatic rings. The normalized spacial score (nSPS) is 26.7. The van der Waals surface area contributed by atoms with Crippen LogP contribution in [0.2, 0.25) is 0 Å². The molecule has 0 radical (unpaired) electrons. The number of nitrogens with one attached hydrogen (secondary N) is 1. The van der Waals surface area contributed by atoms with Gasteiger partial charge in [-0.3, -0.25) is 14.4 Å². The van der Waals surface area contributed by atoms with E-state index in [4.69, 9.17) is 4.74 Å². The van der Waals surface area contributed by atoms with Gasteiger partial charge in [-0.25, -0.2) is 4.79 Å². The Kier molecular flexibility index (Phi) is 9.06. The molecule has 9 heteroatoms. The first-order chi connectivity index (χ1) is 17.3. The number of likely N-dealkylation sites (tertiary alicyclic amines) is 1. The highest BCUT2D eigenvalue weighted by Crippen LogP contribution is 2.28. The topological polar surface area (TPSA) is 113 Å². The van der Waals surface area contributed by atoms with Crippen LogP contribution in [0.1, 0.15) is 69.4 Å². The van der Waals surface area contributed by atoms with Crippen LogP contribution in [0.4, 0.5) is 0 Å². The number of carbonyl (C=O) groups excluding carboxylic acids is 4. The van der Waals surface area contributed by atoms with E-state index in [9.17, 15) is 24.3 Å². The van der Waals surface area contributed by atoms with Crippen LogP contribution in [0.15, 0.2) is 18.2 Å². The Morgan fingerprint density at radius 1 is 1.08 bits per heavy atom. The van der Waals surface area contributed by atoms with E-state index in [0.29, 0.717) is 24.3 Å². The monoisotopic (exact) mass is 516 g/mol. The summed E-state index contributed by atoms with van der Waals surface area (Å²) in [5, 5.41) is 13.2. The molecule has 0 unspecified atom stereocenters. The zero-order chi connectivity index (χ0) is 25.7. The van der Waals surface area contributed by atoms with E-state index in [-0.39, 0.29) is 35.8 Å². The van der Waals surface area contributed by atoms with Gasteiger partial charge in [-0.2, -0.15) is 0 Å². The van der Waals surface area contributed by atoms with Gasteiger partial charge in [0.15, 0.2) is 5.12 Å². The van der Waals surface area contributed by atoms with Gasteiger partial charge in [0, 0.05) is 31.6 Å². The van der Waals surface area contributed by atoms with Gasteiger partial charge in [-0.1, -0.05) is 43.5 Å². The second kappa shape index (κ2) is 12.2. The number of benzene rings is 1. The third-order valence-corrected chi connectivity index (χ3v) is 8.37. The molecule has 0 bridgehead atoms. The Labute approximate surface area is 216 Å². The zero-order valence-corrected chi connectivity index (χ0v) is 21.7. The van der Waals surface area contributed by atoms with Crippen molar-refractivity contribution in [2.75, 3.05) is 12.3 Å². The summed E-state index contributed by atoms with van der Waals surface area (Å²) in [6, 6.07) is 3.96. The number of amides is 2. The number of hydrogen-bond acceptors (Lipinski definition) is 7. The number of nitrogens with zero attached hydrogens (tertiary/aromatic N) is 1. The average molecular weight is 517 g/mol. The molecule has 2 saturated heterocycles. The second-order valence-corrected chi connectivity index (χ2v) is 11.4. The summed E-state index contributed by atoms with van der Waals surface area (Å²) in [6.45, 7) is 1.51. The van der Waals surface area contributed by atoms with Crippen molar-refractivity contribution < 1.29 is 29.0 Å². The number of rotatable bonds is 5. The molecule has 4 rings (SSSR count). The van der Waals surface area contributed by atoms with E-state index in [1.165, 1.54) is 23.0 Å². The van der Waals surface area contributed by atoms with Crippen LogP contribution in [-0.2, 0) is 32.0 Å². The molecule has 4 atom stereocenters. The summed E-state index contributed by atoms with van der Waals surface area (Å²) in [7, 11) is 0. The molecule has 2 N–H and O–H groups in total. The van der Waals surface area contributed by atoms with Crippen LogP contribution in [0, 0.1) is 5.92 Å². The number of thioether (sulfide) groups is 1. The highest BCUT2D eigenvalue weighted by Gasteiger charge is 2.43. The van der Waals surface area contributed by atoms with E-state index in [0.717, 1.165) is 56.7 Å². The number of aliphatic hydroxyl groups excluding tert-OH is 1. The van der Waals surface area contributed by atoms with Gasteiger partial charge < -0.3 is 20.1 Å². The second-order valence-electron chi connectivity index (χ2n) is 10.2. The first-order valence-electron chi connectivity index (χ1n) is 13.1. The van der Waals surface area contributed by atoms with Crippen LogP contribution in [0.5, 0.6) is 5.75 Å². The number of β-amino-alcohol motifs (C(OH)–C–C–N with tert-alkyl or cyclic N) is 1. The summed E-state index contributed by atoms with van der Waals surface area (Å²) in [6.07, 6.45) is 7.09. The van der Waals surface area contributed by atoms with E-state index >= 15 is 0 Å². The lowest BCUT2D eigenvalue weighted by Crippen LogP contribution is -2.53. The Hall–Kier alpha value is -2.39. The summed E-state index contributed by atoms with van der Waals surface area (Å²) < 4.78 is 5.65. The van der Waals surface area contributed by atoms with Crippen LogP contribution in [0.25, 0.3) is 0 Å². The van der Waals surface area contributed by atoms with Crippen LogP contribution < -0.4 is 10.1 Å². The minimum atomic E-state index is -0.905. The van der Waals surface area contributed by atoms with Gasteiger partial charge in [0.05, 0.1) is 6.10 Å². The van der Waals surface area contributed by atoms with E-state index in [1.807, 2.05) is 12.1 Å². The number of carbonyl (C=O) groups is 4. The van der Waals surface area contributed by atoms with Crippen LogP contribution >= 0.6 is 11.8 Å². The quantitative estimate of drug-likeness (QED) is 0.457. The molecule has 2 aliphatic heterocycles. The summed E-state index contributed by atoms with van der Waals surface area (Å²) in [5.74, 6) is -0.681. The Morgan fingerprint density at radius 3 is 2.61 bits per heavy atom. The predicted molar refractivity (Wildman–Crippen MR) is 136 cm³/mol. The van der Waals surface area contributed by atoms with E-state index in [1.54, 1.807) is 6.07 Å². The van der Waals surface area contributed by atoms with Gasteiger partial charge in [0.2, 0.25) is 11.8 Å². The largest absolute Gasteiger partial charge is 0.425 e. The Bertz CT molecular complexity index is 998. The lowest BCUT2D eigenvalue weighted by Gasteiger charge is -2.29. The molecule has 0 spiro atoms. The standard InChI is InChI=1S/C27H36N2O6S/c1-17(30)36-16-20-7-4-2-3-5-10-23(28-25(20)32)26(33)29-15-21(31)14-24(29)27(34)35-22-12-11-18-8-6-9-19(18)13-22/h11-13,20-21,23-24,31H,2-10,14-16H2,1H3,(H,28,32)/t20-,21-,23-,24+/m1/s1.